The van der Waals surface area contributed by atoms with Crippen LogP contribution in [-0.4, -0.2) is 0 Å². The van der Waals surface area contributed by atoms with Crippen LogP contribution in [0.25, 0.3) is 0 Å². The van der Waals surface area contributed by atoms with E-state index in [0.717, 1.165) is 6.42 Å². The van der Waals surface area contributed by atoms with Crippen LogP contribution < -0.4 is 0 Å². The van der Waals surface area contributed by atoms with Crippen molar-refractivity contribution in [3.8, 4) is 0 Å². The molecule has 0 aromatic carbocycles. The molecule has 0 radical (unpaired) electrons. The Labute approximate surface area is 83.7 Å². The maximum Gasteiger partial charge on any atom is -0.0169 e. The summed E-state index contributed by atoms with van der Waals surface area (Å²) >= 11 is 0. The largest absolute Gasteiger partial charge is 0.0842 e. The minimum atomic E-state index is 0.315. The van der Waals surface area contributed by atoms with Gasteiger partial charge in [0.05, 0.1) is 0 Å². The zero-order valence-corrected chi connectivity index (χ0v) is 10.0. The Kier molecular flexibility index (Phi) is 4.46. The summed E-state index contributed by atoms with van der Waals surface area (Å²) in [5.41, 5.74) is 0.630. The van der Waals surface area contributed by atoms with Gasteiger partial charge < -0.3 is 0 Å². The van der Waals surface area contributed by atoms with Crippen molar-refractivity contribution in [2.24, 2.45) is 10.8 Å². The van der Waals surface area contributed by atoms with Gasteiger partial charge in [-0.25, -0.2) is 0 Å². The molecule has 0 aromatic heterocycles. The standard InChI is InChI=1S/C13H24/c1-12(2,3)10-8-7-9-11-13(4,5)6/h8-11H,7H2,1-6H3/b10-8+,11-9+. The summed E-state index contributed by atoms with van der Waals surface area (Å²) in [4.78, 5) is 0. The molecule has 0 saturated carbocycles. The van der Waals surface area contributed by atoms with Crippen LogP contribution in [0.5, 0.6) is 0 Å². The molecule has 0 bridgehead atoms. The lowest BCUT2D eigenvalue weighted by Gasteiger charge is -2.11. The minimum absolute atomic E-state index is 0.315. The Hall–Kier alpha value is -0.520. The molecular formula is C13H24. The summed E-state index contributed by atoms with van der Waals surface area (Å²) in [6.45, 7) is 13.3. The molecule has 0 aliphatic rings. The van der Waals surface area contributed by atoms with E-state index in [-0.39, 0.29) is 0 Å². The van der Waals surface area contributed by atoms with E-state index in [1.165, 1.54) is 0 Å². The van der Waals surface area contributed by atoms with Gasteiger partial charge in [-0.2, -0.15) is 0 Å². The second-order valence-electron chi connectivity index (χ2n) is 5.77. The Bertz CT molecular complexity index is 159. The third-order valence-corrected chi connectivity index (χ3v) is 1.51. The van der Waals surface area contributed by atoms with E-state index < -0.39 is 0 Å². The number of rotatable bonds is 2. The molecule has 13 heavy (non-hydrogen) atoms. The molecule has 0 atom stereocenters. The van der Waals surface area contributed by atoms with Crippen LogP contribution in [0.3, 0.4) is 0 Å². The van der Waals surface area contributed by atoms with Crippen molar-refractivity contribution in [2.75, 3.05) is 0 Å². The van der Waals surface area contributed by atoms with E-state index in [4.69, 9.17) is 0 Å². The normalized spacial score (nSPS) is 14.6. The molecule has 0 spiro atoms. The molecule has 0 aliphatic heterocycles. The van der Waals surface area contributed by atoms with E-state index in [9.17, 15) is 0 Å². The van der Waals surface area contributed by atoms with Crippen LogP contribution >= 0.6 is 0 Å². The average molecular weight is 180 g/mol. The third-order valence-electron chi connectivity index (χ3n) is 1.51. The van der Waals surface area contributed by atoms with Gasteiger partial charge in [0, 0.05) is 0 Å². The second kappa shape index (κ2) is 4.64. The lowest BCUT2D eigenvalue weighted by molar-refractivity contribution is 0.540. The van der Waals surface area contributed by atoms with Crippen molar-refractivity contribution in [1.29, 1.82) is 0 Å². The summed E-state index contributed by atoms with van der Waals surface area (Å²) < 4.78 is 0. The maximum absolute atomic E-state index is 2.26. The Morgan fingerprint density at radius 1 is 0.692 bits per heavy atom. The van der Waals surface area contributed by atoms with Gasteiger partial charge in [0.1, 0.15) is 0 Å². The number of allylic oxidation sites excluding steroid dienone is 4. The summed E-state index contributed by atoms with van der Waals surface area (Å²) in [6, 6.07) is 0. The van der Waals surface area contributed by atoms with Gasteiger partial charge in [0.25, 0.3) is 0 Å². The fourth-order valence-corrected chi connectivity index (χ4v) is 0.922. The van der Waals surface area contributed by atoms with Gasteiger partial charge in [-0.3, -0.25) is 0 Å². The van der Waals surface area contributed by atoms with Gasteiger partial charge in [-0.15, -0.1) is 0 Å². The SMILES string of the molecule is CC(C)(C)/C=C/C/C=C/C(C)(C)C. The van der Waals surface area contributed by atoms with Crippen molar-refractivity contribution in [3.05, 3.63) is 24.3 Å². The van der Waals surface area contributed by atoms with Crippen LogP contribution in [-0.2, 0) is 0 Å². The minimum Gasteiger partial charge on any atom is -0.0842 e. The molecular weight excluding hydrogens is 156 g/mol. The van der Waals surface area contributed by atoms with Crippen LogP contribution in [0.15, 0.2) is 24.3 Å². The lowest BCUT2D eigenvalue weighted by Crippen LogP contribution is -1.99. The smallest absolute Gasteiger partial charge is 0.0169 e. The second-order valence-corrected chi connectivity index (χ2v) is 5.77. The van der Waals surface area contributed by atoms with Crippen LogP contribution in [0.1, 0.15) is 48.0 Å². The molecule has 0 fully saturated rings. The van der Waals surface area contributed by atoms with Crippen molar-refractivity contribution in [1.82, 2.24) is 0 Å². The molecule has 0 unspecified atom stereocenters. The molecule has 0 amide bonds. The zero-order chi connectivity index (χ0) is 10.5. The highest BCUT2D eigenvalue weighted by molar-refractivity contribution is 5.00. The summed E-state index contributed by atoms with van der Waals surface area (Å²) in [6.07, 6.45) is 10.1. The molecule has 0 N–H and O–H groups in total. The van der Waals surface area contributed by atoms with Crippen LogP contribution in [0.2, 0.25) is 0 Å². The molecule has 0 heterocycles. The van der Waals surface area contributed by atoms with E-state index in [2.05, 4.69) is 65.8 Å². The van der Waals surface area contributed by atoms with Gasteiger partial charge >= 0.3 is 0 Å². The predicted molar refractivity (Wildman–Crippen MR) is 61.8 cm³/mol. The lowest BCUT2D eigenvalue weighted by atomic mass is 9.94. The Morgan fingerprint density at radius 2 is 1.00 bits per heavy atom. The fraction of sp³-hybridized carbons (Fsp3) is 0.692. The molecule has 0 saturated heterocycles. The first-order valence-corrected chi connectivity index (χ1v) is 5.06. The zero-order valence-electron chi connectivity index (χ0n) is 10.0. The Morgan fingerprint density at radius 3 is 1.23 bits per heavy atom. The fourth-order valence-electron chi connectivity index (χ4n) is 0.922. The third kappa shape index (κ3) is 11.5. The molecule has 0 aromatic rings. The summed E-state index contributed by atoms with van der Waals surface area (Å²) in [7, 11) is 0. The topological polar surface area (TPSA) is 0 Å². The monoisotopic (exact) mass is 180 g/mol. The molecule has 76 valence electrons. The van der Waals surface area contributed by atoms with Gasteiger partial charge in [-0.05, 0) is 17.3 Å². The van der Waals surface area contributed by atoms with Gasteiger partial charge in [0.15, 0.2) is 0 Å². The molecule has 0 nitrogen and oxygen atoms in total. The van der Waals surface area contributed by atoms with Crippen LogP contribution in [0, 0.1) is 10.8 Å². The first kappa shape index (κ1) is 12.5. The van der Waals surface area contributed by atoms with Crippen molar-refractivity contribution < 1.29 is 0 Å². The van der Waals surface area contributed by atoms with E-state index >= 15 is 0 Å². The summed E-state index contributed by atoms with van der Waals surface area (Å²) in [5, 5.41) is 0. The first-order chi connectivity index (χ1) is 5.71. The van der Waals surface area contributed by atoms with Crippen molar-refractivity contribution in [2.45, 2.75) is 48.0 Å². The van der Waals surface area contributed by atoms with E-state index in [1.54, 1.807) is 0 Å². The van der Waals surface area contributed by atoms with Crippen LogP contribution in [0.4, 0.5) is 0 Å². The molecule has 0 rings (SSSR count). The highest BCUT2D eigenvalue weighted by atomic mass is 14.1. The molecule has 0 heteroatoms. The highest BCUT2D eigenvalue weighted by Crippen LogP contribution is 2.16. The first-order valence-electron chi connectivity index (χ1n) is 5.06. The van der Waals surface area contributed by atoms with E-state index in [1.807, 2.05) is 0 Å². The molecule has 0 aliphatic carbocycles. The summed E-state index contributed by atoms with van der Waals surface area (Å²) in [5.74, 6) is 0. The highest BCUT2D eigenvalue weighted by Gasteiger charge is 2.03. The predicted octanol–water partition coefficient (Wildman–Crippen LogP) is 4.58. The van der Waals surface area contributed by atoms with Crippen molar-refractivity contribution in [3.63, 3.8) is 0 Å². The Balaban J connectivity index is 3.81. The maximum atomic E-state index is 2.26. The average Bonchev–Trinajstić information content (AvgIpc) is 1.81. The van der Waals surface area contributed by atoms with E-state index in [0.29, 0.717) is 10.8 Å². The number of hydrogen-bond acceptors (Lipinski definition) is 0. The van der Waals surface area contributed by atoms with Crippen molar-refractivity contribution >= 4 is 0 Å². The van der Waals surface area contributed by atoms with Gasteiger partial charge in [-0.1, -0.05) is 65.8 Å². The quantitative estimate of drug-likeness (QED) is 0.546. The number of hydrogen-bond donors (Lipinski definition) is 0. The van der Waals surface area contributed by atoms with Gasteiger partial charge in [0.2, 0.25) is 0 Å².